The van der Waals surface area contributed by atoms with E-state index in [1.807, 2.05) is 17.9 Å². The number of anilines is 1. The van der Waals surface area contributed by atoms with E-state index < -0.39 is 17.8 Å². The highest BCUT2D eigenvalue weighted by atomic mass is 79.9. The Bertz CT molecular complexity index is 751. The fourth-order valence-corrected chi connectivity index (χ4v) is 3.22. The molecule has 1 aromatic heterocycles. The molecule has 2 atom stereocenters. The summed E-state index contributed by atoms with van der Waals surface area (Å²) < 4.78 is 39.8. The van der Waals surface area contributed by atoms with Gasteiger partial charge in [-0.05, 0) is 59.1 Å². The van der Waals surface area contributed by atoms with E-state index in [1.165, 1.54) is 6.07 Å². The van der Waals surface area contributed by atoms with E-state index in [1.54, 1.807) is 12.1 Å². The van der Waals surface area contributed by atoms with Crippen molar-refractivity contribution in [1.82, 2.24) is 4.98 Å². The first kappa shape index (κ1) is 17.2. The molecule has 1 aromatic carbocycles. The number of aryl methyl sites for hydroxylation is 1. The Kier molecular flexibility index (Phi) is 4.57. The topological polar surface area (TPSA) is 36.4 Å². The van der Waals surface area contributed by atoms with Crippen LogP contribution >= 0.6 is 15.9 Å². The molecule has 0 amide bonds. The maximum absolute atomic E-state index is 13.0. The number of hydrogen-bond acceptors (Lipinski definition) is 3. The van der Waals surface area contributed by atoms with E-state index in [-0.39, 0.29) is 6.04 Å². The van der Waals surface area contributed by atoms with Crippen LogP contribution in [-0.4, -0.2) is 22.7 Å². The second-order valence-electron chi connectivity index (χ2n) is 5.92. The van der Waals surface area contributed by atoms with Crippen LogP contribution in [-0.2, 0) is 6.18 Å². The van der Waals surface area contributed by atoms with Crippen molar-refractivity contribution in [2.75, 3.05) is 11.4 Å². The number of aliphatic hydroxyl groups excluding tert-OH is 1. The Balaban J connectivity index is 1.98. The van der Waals surface area contributed by atoms with E-state index in [2.05, 4.69) is 20.9 Å². The van der Waals surface area contributed by atoms with Crippen LogP contribution in [0, 0.1) is 6.92 Å². The van der Waals surface area contributed by atoms with Crippen LogP contribution in [0.4, 0.5) is 19.0 Å². The zero-order chi connectivity index (χ0) is 17.5. The minimum atomic E-state index is -4.38. The minimum Gasteiger partial charge on any atom is -0.391 e. The second kappa shape index (κ2) is 6.37. The van der Waals surface area contributed by atoms with Crippen molar-refractivity contribution in [3.8, 4) is 0 Å². The third-order valence-corrected chi connectivity index (χ3v) is 5.02. The number of nitrogens with zero attached hydrogens (tertiary/aromatic N) is 2. The van der Waals surface area contributed by atoms with E-state index in [0.717, 1.165) is 22.3 Å². The number of β-amino-alcohol motifs (C(OH)–C–C–N with tert-alkyl or cyclic N) is 1. The first-order valence-corrected chi connectivity index (χ1v) is 8.30. The molecule has 0 saturated carbocycles. The van der Waals surface area contributed by atoms with Crippen LogP contribution in [0.2, 0.25) is 0 Å². The Hall–Kier alpha value is -1.60. The van der Waals surface area contributed by atoms with Crippen LogP contribution in [0.5, 0.6) is 0 Å². The number of rotatable bonds is 2. The summed E-state index contributed by atoms with van der Waals surface area (Å²) in [6.45, 7) is 2.19. The molecule has 1 fully saturated rings. The average molecular weight is 401 g/mol. The van der Waals surface area contributed by atoms with Gasteiger partial charge in [-0.2, -0.15) is 13.2 Å². The van der Waals surface area contributed by atoms with Gasteiger partial charge in [0.05, 0.1) is 23.4 Å². The highest BCUT2D eigenvalue weighted by Crippen LogP contribution is 2.38. The largest absolute Gasteiger partial charge is 0.416 e. The van der Waals surface area contributed by atoms with Gasteiger partial charge in [0.15, 0.2) is 0 Å². The summed E-state index contributed by atoms with van der Waals surface area (Å²) in [6, 6.07) is 8.59. The third kappa shape index (κ3) is 3.42. The van der Waals surface area contributed by atoms with Crippen molar-refractivity contribution < 1.29 is 18.3 Å². The Morgan fingerprint density at radius 3 is 2.67 bits per heavy atom. The molecule has 7 heteroatoms. The van der Waals surface area contributed by atoms with Gasteiger partial charge in [0.1, 0.15) is 5.82 Å². The van der Waals surface area contributed by atoms with Crippen molar-refractivity contribution in [2.45, 2.75) is 31.7 Å². The molecule has 0 aliphatic carbocycles. The zero-order valence-corrected chi connectivity index (χ0v) is 14.5. The molecular weight excluding hydrogens is 385 g/mol. The molecule has 0 bridgehead atoms. The molecule has 1 aliphatic rings. The standard InChI is InChI=1S/C17H16BrF3N2O/c1-10-14(18)5-6-16(22-10)23-9-13(24)8-15(23)11-3-2-4-12(7-11)17(19,20)21/h2-7,13,15,24H,8-9H2,1H3. The maximum atomic E-state index is 13.0. The van der Waals surface area contributed by atoms with Gasteiger partial charge in [0.2, 0.25) is 0 Å². The van der Waals surface area contributed by atoms with E-state index in [0.29, 0.717) is 24.3 Å². The molecule has 1 saturated heterocycles. The number of aliphatic hydroxyl groups is 1. The number of halogens is 4. The quantitative estimate of drug-likeness (QED) is 0.806. The molecule has 1 aliphatic heterocycles. The molecule has 2 aromatic rings. The number of pyridine rings is 1. The van der Waals surface area contributed by atoms with Gasteiger partial charge in [0, 0.05) is 11.0 Å². The molecule has 3 rings (SSSR count). The number of benzene rings is 1. The lowest BCUT2D eigenvalue weighted by Crippen LogP contribution is -2.25. The second-order valence-corrected chi connectivity index (χ2v) is 6.77. The fraction of sp³-hybridized carbons (Fsp3) is 0.353. The summed E-state index contributed by atoms with van der Waals surface area (Å²) in [5.41, 5.74) is 0.640. The zero-order valence-electron chi connectivity index (χ0n) is 12.9. The van der Waals surface area contributed by atoms with Crippen molar-refractivity contribution in [1.29, 1.82) is 0 Å². The molecular formula is C17H16BrF3N2O. The summed E-state index contributed by atoms with van der Waals surface area (Å²) in [6.07, 6.45) is -4.61. The maximum Gasteiger partial charge on any atom is 0.416 e. The minimum absolute atomic E-state index is 0.338. The lowest BCUT2D eigenvalue weighted by atomic mass is 10.0. The number of hydrogen-bond donors (Lipinski definition) is 1. The highest BCUT2D eigenvalue weighted by molar-refractivity contribution is 9.10. The van der Waals surface area contributed by atoms with Crippen LogP contribution in [0.3, 0.4) is 0 Å². The van der Waals surface area contributed by atoms with Gasteiger partial charge in [0.25, 0.3) is 0 Å². The Morgan fingerprint density at radius 1 is 1.25 bits per heavy atom. The molecule has 0 radical (unpaired) electrons. The molecule has 2 heterocycles. The Labute approximate surface area is 146 Å². The molecule has 0 spiro atoms. The predicted molar refractivity (Wildman–Crippen MR) is 88.8 cm³/mol. The van der Waals surface area contributed by atoms with Crippen LogP contribution in [0.25, 0.3) is 0 Å². The van der Waals surface area contributed by atoms with Crippen LogP contribution in [0.15, 0.2) is 40.9 Å². The number of alkyl halides is 3. The number of aromatic nitrogens is 1. The van der Waals surface area contributed by atoms with Gasteiger partial charge < -0.3 is 10.0 Å². The highest BCUT2D eigenvalue weighted by Gasteiger charge is 2.35. The monoisotopic (exact) mass is 400 g/mol. The normalized spacial score (nSPS) is 21.3. The SMILES string of the molecule is Cc1nc(N2CC(O)CC2c2cccc(C(F)(F)F)c2)ccc1Br. The first-order chi connectivity index (χ1) is 11.3. The summed E-state index contributed by atoms with van der Waals surface area (Å²) in [5.74, 6) is 0.648. The van der Waals surface area contributed by atoms with Crippen LogP contribution < -0.4 is 4.90 Å². The smallest absolute Gasteiger partial charge is 0.391 e. The van der Waals surface area contributed by atoms with E-state index in [4.69, 9.17) is 0 Å². The predicted octanol–water partition coefficient (Wildman–Crippen LogP) is 4.48. The molecule has 1 N–H and O–H groups in total. The summed E-state index contributed by atoms with van der Waals surface area (Å²) >= 11 is 3.39. The third-order valence-electron chi connectivity index (χ3n) is 4.18. The summed E-state index contributed by atoms with van der Waals surface area (Å²) in [7, 11) is 0. The fourth-order valence-electron chi connectivity index (χ4n) is 3.00. The molecule has 2 unspecified atom stereocenters. The Morgan fingerprint density at radius 2 is 2.00 bits per heavy atom. The van der Waals surface area contributed by atoms with Gasteiger partial charge in [-0.1, -0.05) is 12.1 Å². The van der Waals surface area contributed by atoms with Crippen molar-refractivity contribution in [2.24, 2.45) is 0 Å². The summed E-state index contributed by atoms with van der Waals surface area (Å²) in [5, 5.41) is 10.0. The lowest BCUT2D eigenvalue weighted by molar-refractivity contribution is -0.137. The molecule has 3 nitrogen and oxygen atoms in total. The van der Waals surface area contributed by atoms with Gasteiger partial charge >= 0.3 is 6.18 Å². The van der Waals surface area contributed by atoms with Crippen molar-refractivity contribution in [3.63, 3.8) is 0 Å². The van der Waals surface area contributed by atoms with Crippen molar-refractivity contribution >= 4 is 21.7 Å². The van der Waals surface area contributed by atoms with E-state index in [9.17, 15) is 18.3 Å². The molecule has 24 heavy (non-hydrogen) atoms. The molecule has 128 valence electrons. The van der Waals surface area contributed by atoms with Gasteiger partial charge in [-0.3, -0.25) is 0 Å². The van der Waals surface area contributed by atoms with Crippen molar-refractivity contribution in [3.05, 3.63) is 57.7 Å². The lowest BCUT2D eigenvalue weighted by Gasteiger charge is -2.26. The van der Waals surface area contributed by atoms with Gasteiger partial charge in [-0.15, -0.1) is 0 Å². The first-order valence-electron chi connectivity index (χ1n) is 7.50. The van der Waals surface area contributed by atoms with Crippen LogP contribution in [0.1, 0.15) is 29.3 Å². The average Bonchev–Trinajstić information content (AvgIpc) is 2.91. The van der Waals surface area contributed by atoms with Gasteiger partial charge in [-0.25, -0.2) is 4.98 Å². The summed E-state index contributed by atoms with van der Waals surface area (Å²) in [4.78, 5) is 6.34. The van der Waals surface area contributed by atoms with E-state index >= 15 is 0 Å².